The summed E-state index contributed by atoms with van der Waals surface area (Å²) < 4.78 is 16.8. The van der Waals surface area contributed by atoms with E-state index in [2.05, 4.69) is 15.2 Å². The number of ether oxygens (including phenoxy) is 2. The van der Waals surface area contributed by atoms with Gasteiger partial charge in [0.25, 0.3) is 0 Å². The Morgan fingerprint density at radius 3 is 2.85 bits per heavy atom. The number of H-pyrrole nitrogens is 2. The first kappa shape index (κ1) is 14.3. The monoisotopic (exact) mass is 361 g/mol. The van der Waals surface area contributed by atoms with Crippen LogP contribution in [0.4, 0.5) is 0 Å². The van der Waals surface area contributed by atoms with Crippen LogP contribution in [0.25, 0.3) is 44.2 Å². The average molecular weight is 361 g/mol. The van der Waals surface area contributed by atoms with Crippen LogP contribution in [0, 0.1) is 0 Å². The van der Waals surface area contributed by atoms with E-state index in [-0.39, 0.29) is 12.4 Å². The van der Waals surface area contributed by atoms with Crippen molar-refractivity contribution in [3.63, 3.8) is 0 Å². The second-order valence-electron chi connectivity index (χ2n) is 6.30. The summed E-state index contributed by atoms with van der Waals surface area (Å²) in [5, 5.41) is 17.5. The topological polar surface area (TPSA) is 113 Å². The van der Waals surface area contributed by atoms with E-state index in [1.807, 2.05) is 18.2 Å². The van der Waals surface area contributed by atoms with Crippen molar-refractivity contribution in [1.29, 1.82) is 0 Å². The van der Waals surface area contributed by atoms with Gasteiger partial charge in [0.05, 0.1) is 5.39 Å². The third-order valence-corrected chi connectivity index (χ3v) is 4.81. The molecule has 3 N–H and O–H groups in total. The summed E-state index contributed by atoms with van der Waals surface area (Å²) in [7, 11) is 0. The second-order valence-corrected chi connectivity index (χ2v) is 6.30. The standard InChI is InChI=1S/C19H11N3O5/c23-11-3-2-9-15-18(27-17(9)16(11)24)14(10-6-20-22-19(10)21-15)8-1-4-12-13(5-8)26-7-25-12/h1-6,24H,7H2,(H2,20,21,22). The summed E-state index contributed by atoms with van der Waals surface area (Å²) in [6.45, 7) is 0.183. The normalized spacial score (nSPS) is 13.2. The maximum absolute atomic E-state index is 11.8. The molecule has 0 saturated carbocycles. The van der Waals surface area contributed by atoms with Gasteiger partial charge in [0.15, 0.2) is 28.3 Å². The van der Waals surface area contributed by atoms with Gasteiger partial charge in [-0.1, -0.05) is 6.07 Å². The number of fused-ring (bicyclic) bond motifs is 5. The fourth-order valence-electron chi connectivity index (χ4n) is 3.56. The lowest BCUT2D eigenvalue weighted by Gasteiger charge is -2.06. The Balaban J connectivity index is 1.79. The molecule has 1 aliphatic rings. The molecule has 0 spiro atoms. The fourth-order valence-corrected chi connectivity index (χ4v) is 3.56. The molecule has 3 aromatic heterocycles. The lowest BCUT2D eigenvalue weighted by molar-refractivity contribution is 0.174. The average Bonchev–Trinajstić information content (AvgIpc) is 3.40. The lowest BCUT2D eigenvalue weighted by Crippen LogP contribution is -1.95. The number of hydrogen-bond donors (Lipinski definition) is 3. The molecule has 0 amide bonds. The third-order valence-electron chi connectivity index (χ3n) is 4.81. The number of nitrogens with zero attached hydrogens (tertiary/aromatic N) is 1. The number of hydrogen-bond acceptors (Lipinski definition) is 6. The minimum absolute atomic E-state index is 0.128. The second kappa shape index (κ2) is 4.82. The largest absolute Gasteiger partial charge is 0.502 e. The predicted molar refractivity (Wildman–Crippen MR) is 97.2 cm³/mol. The number of aromatic hydroxyl groups is 1. The van der Waals surface area contributed by atoms with Crippen LogP contribution in [0.15, 0.2) is 45.7 Å². The number of aromatic amines is 2. The molecular weight excluding hydrogens is 350 g/mol. The Labute approximate surface area is 149 Å². The van der Waals surface area contributed by atoms with Crippen molar-refractivity contribution in [2.45, 2.75) is 0 Å². The molecule has 0 saturated heterocycles. The van der Waals surface area contributed by atoms with Gasteiger partial charge >= 0.3 is 0 Å². The molecule has 0 atom stereocenters. The van der Waals surface area contributed by atoms with E-state index in [1.54, 1.807) is 12.3 Å². The molecule has 2 aromatic carbocycles. The van der Waals surface area contributed by atoms with Crippen LogP contribution in [-0.2, 0) is 0 Å². The Kier molecular flexibility index (Phi) is 2.54. The van der Waals surface area contributed by atoms with E-state index < -0.39 is 11.2 Å². The molecular formula is C19H11N3O5. The van der Waals surface area contributed by atoms with Gasteiger partial charge in [-0.2, -0.15) is 0 Å². The number of pyridine rings is 1. The van der Waals surface area contributed by atoms with Gasteiger partial charge in [0.1, 0.15) is 5.52 Å². The highest BCUT2D eigenvalue weighted by Gasteiger charge is 2.22. The lowest BCUT2D eigenvalue weighted by atomic mass is 10.0. The van der Waals surface area contributed by atoms with Crippen LogP contribution >= 0.6 is 0 Å². The van der Waals surface area contributed by atoms with Gasteiger partial charge in [0.2, 0.25) is 18.0 Å². The number of phenolic OH excluding ortho intramolecular Hbond substituents is 1. The molecule has 1 aliphatic heterocycles. The molecule has 0 bridgehead atoms. The molecule has 0 radical (unpaired) electrons. The minimum Gasteiger partial charge on any atom is -0.502 e. The number of furan rings is 1. The molecule has 4 heterocycles. The van der Waals surface area contributed by atoms with Gasteiger partial charge in [-0.3, -0.25) is 9.89 Å². The number of nitrogens with one attached hydrogen (secondary N) is 2. The van der Waals surface area contributed by atoms with Crippen molar-refractivity contribution in [1.82, 2.24) is 15.2 Å². The van der Waals surface area contributed by atoms with Crippen LogP contribution in [-0.4, -0.2) is 27.1 Å². The Bertz CT molecular complexity index is 1440. The minimum atomic E-state index is -0.495. The van der Waals surface area contributed by atoms with E-state index in [0.717, 1.165) is 16.5 Å². The summed E-state index contributed by atoms with van der Waals surface area (Å²) in [6.07, 6.45) is 1.79. The van der Waals surface area contributed by atoms with Gasteiger partial charge in [-0.25, -0.2) is 4.98 Å². The maximum Gasteiger partial charge on any atom is 0.231 e. The zero-order chi connectivity index (χ0) is 18.1. The fraction of sp³-hybridized carbons (Fsp3) is 0.0526. The van der Waals surface area contributed by atoms with Crippen LogP contribution in [0.5, 0.6) is 17.2 Å². The third kappa shape index (κ3) is 1.81. The SMILES string of the molecule is O=c1ccc2c(oc3c(-c4ccc5c(c4)OCO5)c4c[nH][nH]c4nc32)c1O. The molecule has 5 aromatic rings. The summed E-state index contributed by atoms with van der Waals surface area (Å²) in [5.41, 5.74) is 2.90. The summed E-state index contributed by atoms with van der Waals surface area (Å²) in [6, 6.07) is 8.52. The van der Waals surface area contributed by atoms with Gasteiger partial charge < -0.3 is 24.1 Å². The van der Waals surface area contributed by atoms with E-state index >= 15 is 0 Å². The van der Waals surface area contributed by atoms with E-state index in [1.165, 1.54) is 6.07 Å². The summed E-state index contributed by atoms with van der Waals surface area (Å²) in [5.74, 6) is 0.905. The van der Waals surface area contributed by atoms with E-state index in [9.17, 15) is 9.90 Å². The van der Waals surface area contributed by atoms with Crippen LogP contribution in [0.3, 0.4) is 0 Å². The Morgan fingerprint density at radius 1 is 1.04 bits per heavy atom. The molecule has 0 fully saturated rings. The van der Waals surface area contributed by atoms with E-state index in [0.29, 0.717) is 33.6 Å². The molecule has 0 aliphatic carbocycles. The van der Waals surface area contributed by atoms with Gasteiger partial charge in [0, 0.05) is 17.1 Å². The highest BCUT2D eigenvalue weighted by Crippen LogP contribution is 2.43. The van der Waals surface area contributed by atoms with Gasteiger partial charge in [-0.05, 0) is 29.8 Å². The molecule has 8 nitrogen and oxygen atoms in total. The number of aromatic nitrogens is 3. The van der Waals surface area contributed by atoms with Crippen LogP contribution in [0.2, 0.25) is 0 Å². The van der Waals surface area contributed by atoms with E-state index in [4.69, 9.17) is 13.9 Å². The molecule has 0 unspecified atom stereocenters. The molecule has 8 heteroatoms. The van der Waals surface area contributed by atoms with Crippen molar-refractivity contribution in [2.75, 3.05) is 6.79 Å². The first-order valence-electron chi connectivity index (χ1n) is 8.24. The molecule has 132 valence electrons. The Morgan fingerprint density at radius 2 is 1.93 bits per heavy atom. The number of phenols is 1. The molecule has 6 rings (SSSR count). The predicted octanol–water partition coefficient (Wildman–Crippen LogP) is 3.25. The first-order chi connectivity index (χ1) is 13.2. The maximum atomic E-state index is 11.8. The van der Waals surface area contributed by atoms with Crippen molar-refractivity contribution in [3.05, 3.63) is 46.8 Å². The first-order valence-corrected chi connectivity index (χ1v) is 8.24. The van der Waals surface area contributed by atoms with Gasteiger partial charge in [-0.15, -0.1) is 0 Å². The van der Waals surface area contributed by atoms with Crippen LogP contribution in [0.1, 0.15) is 0 Å². The summed E-state index contributed by atoms with van der Waals surface area (Å²) >= 11 is 0. The van der Waals surface area contributed by atoms with Crippen molar-refractivity contribution < 1.29 is 19.0 Å². The van der Waals surface area contributed by atoms with Crippen molar-refractivity contribution in [2.24, 2.45) is 0 Å². The highest BCUT2D eigenvalue weighted by atomic mass is 16.7. The summed E-state index contributed by atoms with van der Waals surface area (Å²) in [4.78, 5) is 16.4. The smallest absolute Gasteiger partial charge is 0.231 e. The van der Waals surface area contributed by atoms with Crippen molar-refractivity contribution >= 4 is 33.1 Å². The zero-order valence-electron chi connectivity index (χ0n) is 13.7. The quantitative estimate of drug-likeness (QED) is 0.422. The van der Waals surface area contributed by atoms with Crippen LogP contribution < -0.4 is 14.9 Å². The number of benzene rings is 2. The number of rotatable bonds is 1. The molecule has 27 heavy (non-hydrogen) atoms. The highest BCUT2D eigenvalue weighted by molar-refractivity contribution is 6.15. The Hall–Kier alpha value is -3.94. The van der Waals surface area contributed by atoms with Crippen molar-refractivity contribution in [3.8, 4) is 28.4 Å². The zero-order valence-corrected chi connectivity index (χ0v) is 13.7.